The average molecular weight is 273 g/mol. The lowest BCUT2D eigenvalue weighted by molar-refractivity contribution is -0.120. The summed E-state index contributed by atoms with van der Waals surface area (Å²) >= 11 is 0. The Morgan fingerprint density at radius 1 is 1.20 bits per heavy atom. The van der Waals surface area contributed by atoms with E-state index in [2.05, 4.69) is 46.4 Å². The molecule has 1 aliphatic heterocycles. The van der Waals surface area contributed by atoms with E-state index in [-0.39, 0.29) is 11.9 Å². The molecule has 20 heavy (non-hydrogen) atoms. The van der Waals surface area contributed by atoms with Gasteiger partial charge in [0.25, 0.3) is 0 Å². The van der Waals surface area contributed by atoms with Crippen LogP contribution in [0.5, 0.6) is 0 Å². The summed E-state index contributed by atoms with van der Waals surface area (Å²) in [6, 6.07) is 9.25. The fourth-order valence-corrected chi connectivity index (χ4v) is 3.61. The SMILES string of the molecule is CC(=O)N[C@@H]1CCCCC1N1CN(C)c2ccccc21. The Labute approximate surface area is 120 Å². The van der Waals surface area contributed by atoms with Gasteiger partial charge in [-0.1, -0.05) is 25.0 Å². The van der Waals surface area contributed by atoms with Gasteiger partial charge in [-0.05, 0) is 25.0 Å². The van der Waals surface area contributed by atoms with Crippen molar-refractivity contribution in [1.29, 1.82) is 0 Å². The second-order valence-electron chi connectivity index (χ2n) is 5.96. The number of carbonyl (C=O) groups excluding carboxylic acids is 1. The van der Waals surface area contributed by atoms with E-state index < -0.39 is 0 Å². The van der Waals surface area contributed by atoms with E-state index in [4.69, 9.17) is 0 Å². The molecule has 1 aliphatic carbocycles. The van der Waals surface area contributed by atoms with E-state index >= 15 is 0 Å². The van der Waals surface area contributed by atoms with E-state index in [0.29, 0.717) is 6.04 Å². The molecule has 2 aliphatic rings. The van der Waals surface area contributed by atoms with Gasteiger partial charge in [-0.2, -0.15) is 0 Å². The topological polar surface area (TPSA) is 35.6 Å². The van der Waals surface area contributed by atoms with Gasteiger partial charge in [-0.3, -0.25) is 4.79 Å². The van der Waals surface area contributed by atoms with Crippen LogP contribution in [-0.4, -0.2) is 31.7 Å². The summed E-state index contributed by atoms with van der Waals surface area (Å²) in [7, 11) is 2.13. The molecular weight excluding hydrogens is 250 g/mol. The van der Waals surface area contributed by atoms with Crippen molar-refractivity contribution in [2.75, 3.05) is 23.5 Å². The fourth-order valence-electron chi connectivity index (χ4n) is 3.61. The molecule has 1 saturated carbocycles. The van der Waals surface area contributed by atoms with Crippen LogP contribution in [-0.2, 0) is 4.79 Å². The van der Waals surface area contributed by atoms with Crippen molar-refractivity contribution in [3.63, 3.8) is 0 Å². The highest BCUT2D eigenvalue weighted by Gasteiger charge is 2.35. The predicted octanol–water partition coefficient (Wildman–Crippen LogP) is 2.35. The number of amides is 1. The Morgan fingerprint density at radius 3 is 2.65 bits per heavy atom. The summed E-state index contributed by atoms with van der Waals surface area (Å²) in [5.41, 5.74) is 2.59. The first-order chi connectivity index (χ1) is 9.66. The number of anilines is 2. The van der Waals surface area contributed by atoms with Gasteiger partial charge in [-0.15, -0.1) is 0 Å². The molecule has 0 saturated heterocycles. The first-order valence-corrected chi connectivity index (χ1v) is 7.51. The van der Waals surface area contributed by atoms with Crippen LogP contribution in [0.3, 0.4) is 0 Å². The van der Waals surface area contributed by atoms with Gasteiger partial charge in [0, 0.05) is 20.0 Å². The zero-order valence-corrected chi connectivity index (χ0v) is 12.3. The number of hydrogen-bond acceptors (Lipinski definition) is 3. The molecule has 0 bridgehead atoms. The molecule has 3 rings (SSSR count). The molecule has 0 aromatic heterocycles. The molecule has 108 valence electrons. The lowest BCUT2D eigenvalue weighted by Gasteiger charge is -2.39. The van der Waals surface area contributed by atoms with Gasteiger partial charge in [-0.25, -0.2) is 0 Å². The van der Waals surface area contributed by atoms with E-state index in [1.807, 2.05) is 0 Å². The van der Waals surface area contributed by atoms with E-state index in [1.165, 1.54) is 24.2 Å². The van der Waals surface area contributed by atoms with Gasteiger partial charge >= 0.3 is 0 Å². The van der Waals surface area contributed by atoms with Gasteiger partial charge in [0.1, 0.15) is 0 Å². The summed E-state index contributed by atoms with van der Waals surface area (Å²) in [6.45, 7) is 2.54. The van der Waals surface area contributed by atoms with Crippen LogP contribution in [0.4, 0.5) is 11.4 Å². The summed E-state index contributed by atoms with van der Waals surface area (Å²) < 4.78 is 0. The van der Waals surface area contributed by atoms with Crippen molar-refractivity contribution in [2.45, 2.75) is 44.7 Å². The third-order valence-electron chi connectivity index (χ3n) is 4.49. The Kier molecular flexibility index (Phi) is 3.55. The van der Waals surface area contributed by atoms with Crippen LogP contribution in [0.2, 0.25) is 0 Å². The van der Waals surface area contributed by atoms with E-state index in [1.54, 1.807) is 6.92 Å². The average Bonchev–Trinajstić information content (AvgIpc) is 2.77. The summed E-state index contributed by atoms with van der Waals surface area (Å²) in [5, 5.41) is 3.16. The van der Waals surface area contributed by atoms with Crippen LogP contribution in [0, 0.1) is 0 Å². The molecule has 4 nitrogen and oxygen atoms in total. The highest BCUT2D eigenvalue weighted by Crippen LogP contribution is 2.38. The largest absolute Gasteiger partial charge is 0.355 e. The van der Waals surface area contributed by atoms with E-state index in [0.717, 1.165) is 19.5 Å². The lowest BCUT2D eigenvalue weighted by atomic mass is 9.89. The summed E-state index contributed by atoms with van der Waals surface area (Å²) in [6.07, 6.45) is 4.72. The van der Waals surface area contributed by atoms with Gasteiger partial charge in [0.2, 0.25) is 5.91 Å². The van der Waals surface area contributed by atoms with Crippen LogP contribution in [0.25, 0.3) is 0 Å². The highest BCUT2D eigenvalue weighted by atomic mass is 16.1. The zero-order chi connectivity index (χ0) is 14.1. The van der Waals surface area contributed by atoms with Crippen molar-refractivity contribution < 1.29 is 4.79 Å². The van der Waals surface area contributed by atoms with Crippen LogP contribution in [0.15, 0.2) is 24.3 Å². The number of nitrogens with zero attached hydrogens (tertiary/aromatic N) is 2. The molecule has 2 atom stereocenters. The van der Waals surface area contributed by atoms with Crippen LogP contribution >= 0.6 is 0 Å². The van der Waals surface area contributed by atoms with Crippen molar-refractivity contribution in [2.24, 2.45) is 0 Å². The number of para-hydroxylation sites is 2. The van der Waals surface area contributed by atoms with Crippen LogP contribution in [0.1, 0.15) is 32.6 Å². The maximum Gasteiger partial charge on any atom is 0.217 e. The summed E-state index contributed by atoms with van der Waals surface area (Å²) in [4.78, 5) is 16.2. The molecular formula is C16H23N3O. The Bertz CT molecular complexity index is 502. The second kappa shape index (κ2) is 5.35. The number of carbonyl (C=O) groups is 1. The van der Waals surface area contributed by atoms with Gasteiger partial charge < -0.3 is 15.1 Å². The first-order valence-electron chi connectivity index (χ1n) is 7.51. The molecule has 4 heteroatoms. The minimum atomic E-state index is 0.0859. The molecule has 0 radical (unpaired) electrons. The number of rotatable bonds is 2. The summed E-state index contributed by atoms with van der Waals surface area (Å²) in [5.74, 6) is 0.0859. The molecule has 1 heterocycles. The van der Waals surface area contributed by atoms with Crippen molar-refractivity contribution in [1.82, 2.24) is 5.32 Å². The van der Waals surface area contributed by atoms with Gasteiger partial charge in [0.15, 0.2) is 0 Å². The number of fused-ring (bicyclic) bond motifs is 1. The van der Waals surface area contributed by atoms with Crippen molar-refractivity contribution in [3.05, 3.63) is 24.3 Å². The lowest BCUT2D eigenvalue weighted by Crippen LogP contribution is -2.53. The smallest absolute Gasteiger partial charge is 0.217 e. The molecule has 0 spiro atoms. The quantitative estimate of drug-likeness (QED) is 0.898. The van der Waals surface area contributed by atoms with Gasteiger partial charge in [0.05, 0.1) is 24.1 Å². The number of nitrogens with one attached hydrogen (secondary N) is 1. The fraction of sp³-hybridized carbons (Fsp3) is 0.562. The monoisotopic (exact) mass is 273 g/mol. The Morgan fingerprint density at radius 2 is 1.90 bits per heavy atom. The zero-order valence-electron chi connectivity index (χ0n) is 12.3. The molecule has 1 aromatic carbocycles. The maximum atomic E-state index is 11.4. The third kappa shape index (κ3) is 2.35. The number of hydrogen-bond donors (Lipinski definition) is 1. The first kappa shape index (κ1) is 13.3. The minimum Gasteiger partial charge on any atom is -0.355 e. The second-order valence-corrected chi connectivity index (χ2v) is 5.96. The van der Waals surface area contributed by atoms with Crippen molar-refractivity contribution >= 4 is 17.3 Å². The predicted molar refractivity (Wildman–Crippen MR) is 82.1 cm³/mol. The Hall–Kier alpha value is -1.71. The highest BCUT2D eigenvalue weighted by molar-refractivity contribution is 5.77. The van der Waals surface area contributed by atoms with Crippen molar-refractivity contribution in [3.8, 4) is 0 Å². The van der Waals surface area contributed by atoms with E-state index in [9.17, 15) is 4.79 Å². The molecule has 1 N–H and O–H groups in total. The Balaban J connectivity index is 1.86. The molecule has 1 fully saturated rings. The molecule has 1 unspecified atom stereocenters. The minimum absolute atomic E-state index is 0.0859. The normalized spacial score (nSPS) is 25.5. The standard InChI is InChI=1S/C16H23N3O/c1-12(20)17-13-7-3-4-8-14(13)19-11-18(2)15-9-5-6-10-16(15)19/h5-6,9-10,13-14H,3-4,7-8,11H2,1-2H3,(H,17,20)/t13-,14?/m1/s1. The molecule has 1 amide bonds. The molecule has 1 aromatic rings. The number of benzene rings is 1. The van der Waals surface area contributed by atoms with Crippen LogP contribution < -0.4 is 15.1 Å². The maximum absolute atomic E-state index is 11.4. The third-order valence-corrected chi connectivity index (χ3v) is 4.49.